The molecule has 2 aliphatic rings. The van der Waals surface area contributed by atoms with Gasteiger partial charge in [-0.15, -0.1) is 0 Å². The predicted octanol–water partition coefficient (Wildman–Crippen LogP) is 5.02. The van der Waals surface area contributed by atoms with Crippen molar-refractivity contribution in [2.75, 3.05) is 6.54 Å². The third-order valence-corrected chi connectivity index (χ3v) is 6.10. The van der Waals surface area contributed by atoms with Gasteiger partial charge in [0.15, 0.2) is 5.78 Å². The molecule has 2 aromatic rings. The average molecular weight is 343 g/mol. The molecule has 0 N–H and O–H groups in total. The topological polar surface area (TPSA) is 20.3 Å². The maximum Gasteiger partial charge on any atom is 0.158 e. The molecular weight excluding hydrogens is 318 g/mol. The highest BCUT2D eigenvalue weighted by atomic mass is 16.1. The Bertz CT molecular complexity index is 866. The molecule has 0 radical (unpaired) electrons. The first kappa shape index (κ1) is 16.8. The van der Waals surface area contributed by atoms with Gasteiger partial charge in [0.25, 0.3) is 0 Å². The first-order valence-electron chi connectivity index (χ1n) is 9.40. The minimum atomic E-state index is -0.230. The van der Waals surface area contributed by atoms with Crippen molar-refractivity contribution in [3.63, 3.8) is 0 Å². The van der Waals surface area contributed by atoms with Crippen molar-refractivity contribution in [3.05, 3.63) is 95.2 Å². The van der Waals surface area contributed by atoms with E-state index < -0.39 is 0 Å². The van der Waals surface area contributed by atoms with E-state index in [2.05, 4.69) is 72.1 Å². The van der Waals surface area contributed by atoms with Crippen molar-refractivity contribution in [1.29, 1.82) is 0 Å². The summed E-state index contributed by atoms with van der Waals surface area (Å²) in [5, 5.41) is 0. The zero-order chi connectivity index (χ0) is 18.1. The van der Waals surface area contributed by atoms with E-state index in [1.807, 2.05) is 6.92 Å². The molecule has 1 aliphatic carbocycles. The largest absolute Gasteiger partial charge is 0.370 e. The Morgan fingerprint density at radius 2 is 1.65 bits per heavy atom. The lowest BCUT2D eigenvalue weighted by Gasteiger charge is -2.50. The zero-order valence-electron chi connectivity index (χ0n) is 15.4. The van der Waals surface area contributed by atoms with Crippen LogP contribution in [0.15, 0.2) is 84.1 Å². The van der Waals surface area contributed by atoms with Crippen LogP contribution in [0.1, 0.15) is 37.3 Å². The van der Waals surface area contributed by atoms with Crippen molar-refractivity contribution in [2.45, 2.75) is 38.1 Å². The van der Waals surface area contributed by atoms with Crippen LogP contribution in [0, 0.1) is 0 Å². The smallest absolute Gasteiger partial charge is 0.158 e. The molecule has 0 saturated carbocycles. The number of benzene rings is 2. The van der Waals surface area contributed by atoms with E-state index >= 15 is 0 Å². The van der Waals surface area contributed by atoms with Gasteiger partial charge in [-0.3, -0.25) is 4.79 Å². The van der Waals surface area contributed by atoms with Crippen molar-refractivity contribution >= 4 is 5.78 Å². The van der Waals surface area contributed by atoms with Crippen LogP contribution in [0.2, 0.25) is 0 Å². The van der Waals surface area contributed by atoms with Gasteiger partial charge >= 0.3 is 0 Å². The van der Waals surface area contributed by atoms with Crippen LogP contribution >= 0.6 is 0 Å². The molecule has 0 aromatic heterocycles. The van der Waals surface area contributed by atoms with Gasteiger partial charge in [0.1, 0.15) is 0 Å². The molecule has 0 amide bonds. The van der Waals surface area contributed by atoms with E-state index in [0.29, 0.717) is 12.2 Å². The van der Waals surface area contributed by atoms with Crippen LogP contribution in [-0.2, 0) is 16.8 Å². The van der Waals surface area contributed by atoms with Crippen molar-refractivity contribution < 1.29 is 4.79 Å². The van der Waals surface area contributed by atoms with Gasteiger partial charge in [0.05, 0.1) is 5.41 Å². The molecular formula is C24H25NO. The fourth-order valence-corrected chi connectivity index (χ4v) is 4.68. The van der Waals surface area contributed by atoms with Crippen LogP contribution in [0.4, 0.5) is 0 Å². The number of hydrogen-bond donors (Lipinski definition) is 0. The van der Waals surface area contributed by atoms with E-state index in [1.165, 1.54) is 16.7 Å². The molecule has 0 bridgehead atoms. The monoisotopic (exact) mass is 343 g/mol. The first-order valence-corrected chi connectivity index (χ1v) is 9.40. The Morgan fingerprint density at radius 1 is 1.00 bits per heavy atom. The number of Topliss-reactive ketones (excluding diaryl/α,β-unsaturated/α-hetero) is 1. The second kappa shape index (κ2) is 6.60. The molecule has 132 valence electrons. The predicted molar refractivity (Wildman–Crippen MR) is 106 cm³/mol. The van der Waals surface area contributed by atoms with Crippen molar-refractivity contribution in [2.24, 2.45) is 0 Å². The molecule has 1 atom stereocenters. The summed E-state index contributed by atoms with van der Waals surface area (Å²) < 4.78 is 0. The lowest BCUT2D eigenvalue weighted by atomic mass is 9.61. The summed E-state index contributed by atoms with van der Waals surface area (Å²) in [4.78, 5) is 14.8. The second-order valence-corrected chi connectivity index (χ2v) is 7.40. The van der Waals surface area contributed by atoms with Crippen LogP contribution in [-0.4, -0.2) is 17.2 Å². The molecule has 0 spiro atoms. The highest BCUT2D eigenvalue weighted by molar-refractivity contribution is 5.97. The minimum absolute atomic E-state index is 0.230. The normalized spacial score (nSPS) is 23.2. The third kappa shape index (κ3) is 2.61. The molecule has 1 saturated heterocycles. The average Bonchev–Trinajstić information content (AvgIpc) is 2.69. The molecule has 1 unspecified atom stereocenters. The van der Waals surface area contributed by atoms with Gasteiger partial charge in [-0.2, -0.15) is 0 Å². The van der Waals surface area contributed by atoms with E-state index in [4.69, 9.17) is 0 Å². The number of nitrogens with zero attached hydrogens (tertiary/aromatic N) is 1. The number of fused-ring (bicyclic) bond motifs is 1. The number of hydrogen-bond acceptors (Lipinski definition) is 2. The third-order valence-electron chi connectivity index (χ3n) is 6.10. The molecule has 1 fully saturated rings. The number of piperidine rings is 1. The number of allylic oxidation sites excluding steroid dienone is 2. The molecule has 4 rings (SSSR count). The first-order chi connectivity index (χ1) is 12.6. The van der Waals surface area contributed by atoms with Gasteiger partial charge in [0.2, 0.25) is 0 Å². The minimum Gasteiger partial charge on any atom is -0.370 e. The van der Waals surface area contributed by atoms with E-state index in [0.717, 1.165) is 37.2 Å². The number of carbonyl (C=O) groups excluding carboxylic acids is 1. The highest BCUT2D eigenvalue weighted by Gasteiger charge is 2.47. The molecule has 1 aliphatic heterocycles. The number of ketones is 1. The summed E-state index contributed by atoms with van der Waals surface area (Å²) >= 11 is 0. The Labute approximate surface area is 155 Å². The van der Waals surface area contributed by atoms with Gasteiger partial charge in [-0.05, 0) is 42.0 Å². The van der Waals surface area contributed by atoms with E-state index in [-0.39, 0.29) is 5.41 Å². The fraction of sp³-hybridized carbons (Fsp3) is 0.292. The summed E-state index contributed by atoms with van der Waals surface area (Å²) in [7, 11) is 0. The molecule has 2 aromatic carbocycles. The van der Waals surface area contributed by atoms with E-state index in [1.54, 1.807) is 0 Å². The highest BCUT2D eigenvalue weighted by Crippen LogP contribution is 2.52. The molecule has 2 heteroatoms. The number of rotatable bonds is 3. The molecule has 1 heterocycles. The van der Waals surface area contributed by atoms with Crippen LogP contribution in [0.3, 0.4) is 0 Å². The Balaban J connectivity index is 1.79. The van der Waals surface area contributed by atoms with Gasteiger partial charge in [0, 0.05) is 25.2 Å². The number of likely N-dealkylation sites (tertiary alicyclic amines) is 1. The van der Waals surface area contributed by atoms with Crippen molar-refractivity contribution in [1.82, 2.24) is 4.90 Å². The Kier molecular flexibility index (Phi) is 4.28. The van der Waals surface area contributed by atoms with Crippen LogP contribution in [0.5, 0.6) is 0 Å². The zero-order valence-corrected chi connectivity index (χ0v) is 15.4. The lowest BCUT2D eigenvalue weighted by molar-refractivity contribution is -0.116. The standard InChI is InChI=1S/C24H25NO/c1-18-22-14-16-25(17-20-9-5-3-6-10-20)19(2)24(22,15-13-23(18)26)21-11-7-4-8-12-21/h3-12H,2,13-17H2,1H3. The Hall–Kier alpha value is -2.61. The quantitative estimate of drug-likeness (QED) is 0.779. The SMILES string of the molecule is C=C1N(Cc2ccccc2)CCC2=C(C)C(=O)CCC12c1ccccc1. The maximum absolute atomic E-state index is 12.4. The summed E-state index contributed by atoms with van der Waals surface area (Å²) in [5.74, 6) is 0.302. The van der Waals surface area contributed by atoms with Crippen LogP contribution < -0.4 is 0 Å². The fourth-order valence-electron chi connectivity index (χ4n) is 4.68. The summed E-state index contributed by atoms with van der Waals surface area (Å²) in [6.07, 6.45) is 2.35. The second-order valence-electron chi connectivity index (χ2n) is 7.40. The molecule has 2 nitrogen and oxygen atoms in total. The lowest BCUT2D eigenvalue weighted by Crippen LogP contribution is -2.47. The van der Waals surface area contributed by atoms with E-state index in [9.17, 15) is 4.79 Å². The van der Waals surface area contributed by atoms with Gasteiger partial charge < -0.3 is 4.90 Å². The van der Waals surface area contributed by atoms with Crippen molar-refractivity contribution in [3.8, 4) is 0 Å². The molecule has 26 heavy (non-hydrogen) atoms. The van der Waals surface area contributed by atoms with Gasteiger partial charge in [-0.25, -0.2) is 0 Å². The summed E-state index contributed by atoms with van der Waals surface area (Å²) in [6, 6.07) is 21.2. The van der Waals surface area contributed by atoms with Gasteiger partial charge in [-0.1, -0.05) is 67.2 Å². The van der Waals surface area contributed by atoms with Crippen LogP contribution in [0.25, 0.3) is 0 Å². The Morgan fingerprint density at radius 3 is 2.35 bits per heavy atom. The summed E-state index contributed by atoms with van der Waals surface area (Å²) in [5.41, 5.74) is 5.72. The number of carbonyl (C=O) groups is 1. The maximum atomic E-state index is 12.4. The summed E-state index contributed by atoms with van der Waals surface area (Å²) in [6.45, 7) is 8.36.